The van der Waals surface area contributed by atoms with Crippen LogP contribution in [-0.4, -0.2) is 29.1 Å². The van der Waals surface area contributed by atoms with Crippen LogP contribution >= 0.6 is 0 Å². The fourth-order valence-corrected chi connectivity index (χ4v) is 2.46. The topological polar surface area (TPSA) is 65.1 Å². The van der Waals surface area contributed by atoms with Crippen LogP contribution in [-0.2, 0) is 0 Å². The van der Waals surface area contributed by atoms with Crippen LogP contribution in [0, 0.1) is 11.2 Å². The van der Waals surface area contributed by atoms with Gasteiger partial charge in [0.05, 0.1) is 12.2 Å². The van der Waals surface area contributed by atoms with Crippen LogP contribution in [0.1, 0.15) is 37.0 Å². The van der Waals surface area contributed by atoms with Crippen LogP contribution in [0.15, 0.2) is 24.4 Å². The number of aromatic amines is 1. The van der Waals surface area contributed by atoms with Gasteiger partial charge in [-0.2, -0.15) is 0 Å². The van der Waals surface area contributed by atoms with Gasteiger partial charge in [0.2, 0.25) is 0 Å². The summed E-state index contributed by atoms with van der Waals surface area (Å²) in [5, 5.41) is 12.6. The summed E-state index contributed by atoms with van der Waals surface area (Å²) in [6.07, 6.45) is 3.05. The van der Waals surface area contributed by atoms with Gasteiger partial charge in [-0.25, -0.2) is 4.39 Å². The molecule has 0 atom stereocenters. The predicted octanol–water partition coefficient (Wildman–Crippen LogP) is 2.84. The Bertz CT molecular complexity index is 624. The Hall–Kier alpha value is -1.88. The van der Waals surface area contributed by atoms with E-state index in [4.69, 9.17) is 0 Å². The van der Waals surface area contributed by atoms with Gasteiger partial charge in [0.25, 0.3) is 5.91 Å². The van der Waals surface area contributed by atoms with E-state index in [0.29, 0.717) is 23.0 Å². The minimum atomic E-state index is -0.418. The Morgan fingerprint density at radius 2 is 2.10 bits per heavy atom. The molecule has 0 aliphatic carbocycles. The molecule has 1 amide bonds. The third-order valence-electron chi connectivity index (χ3n) is 4.36. The zero-order chi connectivity index (χ0) is 15.5. The second kappa shape index (κ2) is 6.26. The first-order valence-electron chi connectivity index (χ1n) is 7.21. The summed E-state index contributed by atoms with van der Waals surface area (Å²) in [7, 11) is 0. The van der Waals surface area contributed by atoms with Gasteiger partial charge in [0, 0.05) is 29.1 Å². The van der Waals surface area contributed by atoms with E-state index in [9.17, 15) is 14.3 Å². The van der Waals surface area contributed by atoms with Crippen molar-refractivity contribution in [1.29, 1.82) is 0 Å². The highest BCUT2D eigenvalue weighted by Crippen LogP contribution is 2.25. The minimum absolute atomic E-state index is 0.0164. The van der Waals surface area contributed by atoms with E-state index in [-0.39, 0.29) is 17.9 Å². The molecule has 1 aromatic carbocycles. The minimum Gasteiger partial charge on any atom is -0.396 e. The average Bonchev–Trinajstić information content (AvgIpc) is 2.94. The van der Waals surface area contributed by atoms with E-state index in [1.165, 1.54) is 12.3 Å². The summed E-state index contributed by atoms with van der Waals surface area (Å²) in [6.45, 7) is 4.35. The fourth-order valence-electron chi connectivity index (χ4n) is 2.46. The Morgan fingerprint density at radius 3 is 2.71 bits per heavy atom. The average molecular weight is 292 g/mol. The van der Waals surface area contributed by atoms with Crippen LogP contribution in [0.4, 0.5) is 4.39 Å². The normalized spacial score (nSPS) is 11.8. The molecule has 0 fully saturated rings. The number of nitrogens with one attached hydrogen (secondary N) is 2. The second-order valence-corrected chi connectivity index (χ2v) is 5.41. The van der Waals surface area contributed by atoms with Gasteiger partial charge in [-0.1, -0.05) is 19.9 Å². The van der Waals surface area contributed by atoms with E-state index in [2.05, 4.69) is 10.3 Å². The van der Waals surface area contributed by atoms with Gasteiger partial charge in [0.1, 0.15) is 5.82 Å². The van der Waals surface area contributed by atoms with Crippen LogP contribution in [0.2, 0.25) is 0 Å². The number of aromatic nitrogens is 1. The number of carbonyl (C=O) groups excluding carboxylic acids is 1. The standard InChI is InChI=1S/C16H21FN2O2/c1-3-16(4-2,10-20)9-19-15(21)11-8-18-13-7-5-6-12(17)14(11)13/h5-8,18,20H,3-4,9-10H2,1-2H3,(H,19,21). The predicted molar refractivity (Wildman–Crippen MR) is 80.7 cm³/mol. The summed E-state index contributed by atoms with van der Waals surface area (Å²) in [5.41, 5.74) is 0.571. The number of carbonyl (C=O) groups is 1. The second-order valence-electron chi connectivity index (χ2n) is 5.41. The molecular formula is C16H21FN2O2. The first-order valence-corrected chi connectivity index (χ1v) is 7.21. The maximum atomic E-state index is 13.9. The number of aliphatic hydroxyl groups excluding tert-OH is 1. The van der Waals surface area contributed by atoms with Gasteiger partial charge >= 0.3 is 0 Å². The van der Waals surface area contributed by atoms with Crippen molar-refractivity contribution in [2.45, 2.75) is 26.7 Å². The Balaban J connectivity index is 2.20. The number of amides is 1. The Morgan fingerprint density at radius 1 is 1.38 bits per heavy atom. The van der Waals surface area contributed by atoms with Crippen molar-refractivity contribution in [2.75, 3.05) is 13.2 Å². The lowest BCUT2D eigenvalue weighted by Gasteiger charge is -2.29. The molecule has 21 heavy (non-hydrogen) atoms. The number of hydrogen-bond donors (Lipinski definition) is 3. The number of halogens is 1. The van der Waals surface area contributed by atoms with Gasteiger partial charge in [-0.15, -0.1) is 0 Å². The molecule has 1 heterocycles. The van der Waals surface area contributed by atoms with Crippen molar-refractivity contribution in [3.63, 3.8) is 0 Å². The molecule has 0 aliphatic heterocycles. The van der Waals surface area contributed by atoms with Crippen LogP contribution in [0.3, 0.4) is 0 Å². The highest BCUT2D eigenvalue weighted by atomic mass is 19.1. The zero-order valence-corrected chi connectivity index (χ0v) is 12.4. The molecule has 2 rings (SSSR count). The number of H-pyrrole nitrogens is 1. The molecule has 114 valence electrons. The van der Waals surface area contributed by atoms with Gasteiger partial charge in [-0.05, 0) is 25.0 Å². The number of aliphatic hydroxyl groups is 1. The van der Waals surface area contributed by atoms with Crippen molar-refractivity contribution in [3.8, 4) is 0 Å². The fraction of sp³-hybridized carbons (Fsp3) is 0.438. The highest BCUT2D eigenvalue weighted by Gasteiger charge is 2.26. The summed E-state index contributed by atoms with van der Waals surface area (Å²) < 4.78 is 13.9. The molecule has 5 heteroatoms. The number of benzene rings is 1. The van der Waals surface area contributed by atoms with E-state index >= 15 is 0 Å². The van der Waals surface area contributed by atoms with Crippen molar-refractivity contribution in [2.24, 2.45) is 5.41 Å². The summed E-state index contributed by atoms with van der Waals surface area (Å²) >= 11 is 0. The monoisotopic (exact) mass is 292 g/mol. The lowest BCUT2D eigenvalue weighted by Crippen LogP contribution is -2.39. The SMILES string of the molecule is CCC(CC)(CO)CNC(=O)c1c[nH]c2cccc(F)c12. The number of rotatable bonds is 6. The molecule has 4 nitrogen and oxygen atoms in total. The van der Waals surface area contributed by atoms with Crippen molar-refractivity contribution >= 4 is 16.8 Å². The number of hydrogen-bond acceptors (Lipinski definition) is 2. The number of fused-ring (bicyclic) bond motifs is 1. The van der Waals surface area contributed by atoms with Gasteiger partial charge < -0.3 is 15.4 Å². The zero-order valence-electron chi connectivity index (χ0n) is 12.4. The third kappa shape index (κ3) is 2.93. The molecule has 0 aliphatic rings. The molecular weight excluding hydrogens is 271 g/mol. The van der Waals surface area contributed by atoms with E-state index < -0.39 is 5.82 Å². The van der Waals surface area contributed by atoms with Crippen molar-refractivity contribution < 1.29 is 14.3 Å². The van der Waals surface area contributed by atoms with Crippen LogP contribution < -0.4 is 5.32 Å². The summed E-state index contributed by atoms with van der Waals surface area (Å²) in [6, 6.07) is 4.66. The molecule has 0 radical (unpaired) electrons. The van der Waals surface area contributed by atoms with E-state index in [1.54, 1.807) is 12.1 Å². The molecule has 0 saturated carbocycles. The van der Waals surface area contributed by atoms with Crippen molar-refractivity contribution in [3.05, 3.63) is 35.8 Å². The molecule has 0 saturated heterocycles. The third-order valence-corrected chi connectivity index (χ3v) is 4.36. The van der Waals surface area contributed by atoms with E-state index in [1.807, 2.05) is 13.8 Å². The molecule has 3 N–H and O–H groups in total. The molecule has 1 aromatic heterocycles. The van der Waals surface area contributed by atoms with Gasteiger partial charge in [-0.3, -0.25) is 4.79 Å². The summed E-state index contributed by atoms with van der Waals surface area (Å²) in [4.78, 5) is 15.2. The summed E-state index contributed by atoms with van der Waals surface area (Å²) in [5.74, 6) is -0.746. The van der Waals surface area contributed by atoms with Gasteiger partial charge in [0.15, 0.2) is 0 Å². The lowest BCUT2D eigenvalue weighted by atomic mass is 9.83. The molecule has 2 aromatic rings. The largest absolute Gasteiger partial charge is 0.396 e. The Labute approximate surface area is 123 Å². The maximum Gasteiger partial charge on any atom is 0.253 e. The first kappa shape index (κ1) is 15.5. The quantitative estimate of drug-likeness (QED) is 0.766. The first-order chi connectivity index (χ1) is 10.1. The lowest BCUT2D eigenvalue weighted by molar-refractivity contribution is 0.0852. The molecule has 0 bridgehead atoms. The molecule has 0 unspecified atom stereocenters. The van der Waals surface area contributed by atoms with Crippen LogP contribution in [0.25, 0.3) is 10.9 Å². The highest BCUT2D eigenvalue weighted by molar-refractivity contribution is 6.06. The van der Waals surface area contributed by atoms with Crippen LogP contribution in [0.5, 0.6) is 0 Å². The van der Waals surface area contributed by atoms with Crippen molar-refractivity contribution in [1.82, 2.24) is 10.3 Å². The smallest absolute Gasteiger partial charge is 0.253 e. The van der Waals surface area contributed by atoms with E-state index in [0.717, 1.165) is 12.8 Å². The Kier molecular flexibility index (Phi) is 4.63. The maximum absolute atomic E-state index is 13.9. The molecule has 0 spiro atoms.